The largest absolute Gasteiger partial charge is 0.493 e. The van der Waals surface area contributed by atoms with Crippen molar-refractivity contribution in [1.29, 1.82) is 0 Å². The summed E-state index contributed by atoms with van der Waals surface area (Å²) in [4.78, 5) is 23.1. The number of ether oxygens (including phenoxy) is 4. The first-order valence-electron chi connectivity index (χ1n) is 8.06. The standard InChI is InChI=1S/C18H17NO7/c1-2-23-15-6-4-3-5-12(15)11-26-18(20)13-9-16-17(25-8-7-24-16)10-14(13)19(21)22/h3-6,9-10H,2,7-8,11H2,1H3. The minimum absolute atomic E-state index is 0.0688. The number of hydrogen-bond donors (Lipinski definition) is 0. The van der Waals surface area contributed by atoms with E-state index in [0.29, 0.717) is 31.1 Å². The molecule has 2 aromatic carbocycles. The number of para-hydroxylation sites is 1. The van der Waals surface area contributed by atoms with Crippen molar-refractivity contribution in [2.24, 2.45) is 0 Å². The quantitative estimate of drug-likeness (QED) is 0.444. The second kappa shape index (κ2) is 7.73. The highest BCUT2D eigenvalue weighted by Crippen LogP contribution is 2.37. The van der Waals surface area contributed by atoms with Crippen molar-refractivity contribution in [3.63, 3.8) is 0 Å². The average molecular weight is 359 g/mol. The first-order valence-corrected chi connectivity index (χ1v) is 8.06. The Morgan fingerprint density at radius 3 is 2.58 bits per heavy atom. The third-order valence-electron chi connectivity index (χ3n) is 3.71. The molecule has 0 fully saturated rings. The molecule has 0 spiro atoms. The van der Waals surface area contributed by atoms with E-state index in [1.165, 1.54) is 12.1 Å². The van der Waals surface area contributed by atoms with Crippen molar-refractivity contribution in [3.05, 3.63) is 57.6 Å². The van der Waals surface area contributed by atoms with Gasteiger partial charge in [-0.25, -0.2) is 4.79 Å². The highest BCUT2D eigenvalue weighted by Gasteiger charge is 2.27. The summed E-state index contributed by atoms with van der Waals surface area (Å²) < 4.78 is 21.4. The molecule has 0 radical (unpaired) electrons. The van der Waals surface area contributed by atoms with Crippen molar-refractivity contribution in [2.45, 2.75) is 13.5 Å². The van der Waals surface area contributed by atoms with Gasteiger partial charge in [0.2, 0.25) is 0 Å². The van der Waals surface area contributed by atoms with Crippen molar-refractivity contribution < 1.29 is 28.7 Å². The lowest BCUT2D eigenvalue weighted by Crippen LogP contribution is -2.17. The van der Waals surface area contributed by atoms with Crippen LogP contribution in [0.5, 0.6) is 17.2 Å². The molecule has 136 valence electrons. The number of hydrogen-bond acceptors (Lipinski definition) is 7. The summed E-state index contributed by atoms with van der Waals surface area (Å²) >= 11 is 0. The Bertz CT molecular complexity index is 834. The van der Waals surface area contributed by atoms with Crippen LogP contribution in [0.15, 0.2) is 36.4 Å². The molecule has 8 heteroatoms. The molecular formula is C18H17NO7. The molecule has 0 saturated carbocycles. The van der Waals surface area contributed by atoms with Crippen LogP contribution < -0.4 is 14.2 Å². The van der Waals surface area contributed by atoms with E-state index in [1.54, 1.807) is 18.2 Å². The van der Waals surface area contributed by atoms with E-state index in [9.17, 15) is 14.9 Å². The second-order valence-corrected chi connectivity index (χ2v) is 5.39. The van der Waals surface area contributed by atoms with Gasteiger partial charge in [0.25, 0.3) is 5.69 Å². The van der Waals surface area contributed by atoms with Crippen LogP contribution >= 0.6 is 0 Å². The number of carbonyl (C=O) groups excluding carboxylic acids is 1. The predicted octanol–water partition coefficient (Wildman–Crippen LogP) is 3.12. The van der Waals surface area contributed by atoms with E-state index in [1.807, 2.05) is 13.0 Å². The summed E-state index contributed by atoms with van der Waals surface area (Å²) in [6.07, 6.45) is 0. The van der Waals surface area contributed by atoms with Gasteiger partial charge in [0.1, 0.15) is 31.1 Å². The fraction of sp³-hybridized carbons (Fsp3) is 0.278. The average Bonchev–Trinajstić information content (AvgIpc) is 2.66. The predicted molar refractivity (Wildman–Crippen MR) is 90.8 cm³/mol. The Morgan fingerprint density at radius 2 is 1.88 bits per heavy atom. The number of nitro benzene ring substituents is 1. The van der Waals surface area contributed by atoms with Crippen molar-refractivity contribution in [3.8, 4) is 17.2 Å². The number of nitro groups is 1. The summed E-state index contributed by atoms with van der Waals surface area (Å²) in [5.74, 6) is 0.296. The molecule has 0 unspecified atom stereocenters. The number of fused-ring (bicyclic) bond motifs is 1. The minimum atomic E-state index is -0.819. The van der Waals surface area contributed by atoms with Crippen LogP contribution in [-0.4, -0.2) is 30.7 Å². The number of benzene rings is 2. The lowest BCUT2D eigenvalue weighted by molar-refractivity contribution is -0.385. The molecule has 0 aromatic heterocycles. The number of esters is 1. The zero-order valence-electron chi connectivity index (χ0n) is 14.1. The Balaban J connectivity index is 1.82. The summed E-state index contributed by atoms with van der Waals surface area (Å²) in [7, 11) is 0. The maximum absolute atomic E-state index is 12.4. The normalized spacial score (nSPS) is 12.3. The van der Waals surface area contributed by atoms with Gasteiger partial charge in [0.05, 0.1) is 17.6 Å². The summed E-state index contributed by atoms with van der Waals surface area (Å²) in [6.45, 7) is 2.85. The molecule has 26 heavy (non-hydrogen) atoms. The SMILES string of the molecule is CCOc1ccccc1COC(=O)c1cc2c(cc1[N+](=O)[O-])OCCO2. The zero-order chi connectivity index (χ0) is 18.5. The van der Waals surface area contributed by atoms with E-state index in [-0.39, 0.29) is 23.7 Å². The van der Waals surface area contributed by atoms with Gasteiger partial charge in [-0.15, -0.1) is 0 Å². The third kappa shape index (κ3) is 3.69. The highest BCUT2D eigenvalue weighted by molar-refractivity contribution is 5.95. The monoisotopic (exact) mass is 359 g/mol. The van der Waals surface area contributed by atoms with Crippen molar-refractivity contribution in [2.75, 3.05) is 19.8 Å². The van der Waals surface area contributed by atoms with Crippen LogP contribution in [0.25, 0.3) is 0 Å². The van der Waals surface area contributed by atoms with E-state index < -0.39 is 16.6 Å². The Kier molecular flexibility index (Phi) is 5.21. The summed E-state index contributed by atoms with van der Waals surface area (Å²) in [5, 5.41) is 11.3. The lowest BCUT2D eigenvalue weighted by Gasteiger charge is -2.18. The van der Waals surface area contributed by atoms with Crippen LogP contribution in [0.3, 0.4) is 0 Å². The van der Waals surface area contributed by atoms with Gasteiger partial charge >= 0.3 is 5.97 Å². The molecule has 0 bridgehead atoms. The van der Waals surface area contributed by atoms with Crippen LogP contribution in [0.1, 0.15) is 22.8 Å². The molecule has 1 heterocycles. The summed E-state index contributed by atoms with van der Waals surface area (Å²) in [6, 6.07) is 9.58. The van der Waals surface area contributed by atoms with Crippen LogP contribution in [0.4, 0.5) is 5.69 Å². The molecule has 0 amide bonds. The van der Waals surface area contributed by atoms with Crippen LogP contribution in [0.2, 0.25) is 0 Å². The second-order valence-electron chi connectivity index (χ2n) is 5.39. The zero-order valence-corrected chi connectivity index (χ0v) is 14.1. The van der Waals surface area contributed by atoms with Gasteiger partial charge in [-0.05, 0) is 13.0 Å². The number of carbonyl (C=O) groups is 1. The van der Waals surface area contributed by atoms with E-state index >= 15 is 0 Å². The molecule has 0 aliphatic carbocycles. The van der Waals surface area contributed by atoms with Gasteiger partial charge in [-0.1, -0.05) is 18.2 Å². The van der Waals surface area contributed by atoms with Gasteiger partial charge in [0, 0.05) is 11.6 Å². The van der Waals surface area contributed by atoms with E-state index in [2.05, 4.69) is 0 Å². The maximum atomic E-state index is 12.4. The Morgan fingerprint density at radius 1 is 1.19 bits per heavy atom. The molecule has 0 atom stereocenters. The lowest BCUT2D eigenvalue weighted by atomic mass is 10.1. The molecule has 3 rings (SSSR count). The number of nitrogens with zero attached hydrogens (tertiary/aromatic N) is 1. The van der Waals surface area contributed by atoms with E-state index in [0.717, 1.165) is 0 Å². The Labute approximate surface area is 149 Å². The van der Waals surface area contributed by atoms with Crippen LogP contribution in [0, 0.1) is 10.1 Å². The molecule has 1 aliphatic heterocycles. The maximum Gasteiger partial charge on any atom is 0.345 e. The van der Waals surface area contributed by atoms with E-state index in [4.69, 9.17) is 18.9 Å². The molecule has 8 nitrogen and oxygen atoms in total. The van der Waals surface area contributed by atoms with Gasteiger partial charge < -0.3 is 18.9 Å². The molecule has 2 aromatic rings. The van der Waals surface area contributed by atoms with Gasteiger partial charge in [0.15, 0.2) is 11.5 Å². The molecular weight excluding hydrogens is 342 g/mol. The summed E-state index contributed by atoms with van der Waals surface area (Å²) in [5.41, 5.74) is 0.0911. The topological polar surface area (TPSA) is 97.1 Å². The molecule has 0 N–H and O–H groups in total. The minimum Gasteiger partial charge on any atom is -0.493 e. The van der Waals surface area contributed by atoms with Crippen LogP contribution in [-0.2, 0) is 11.3 Å². The van der Waals surface area contributed by atoms with Crippen molar-refractivity contribution >= 4 is 11.7 Å². The smallest absolute Gasteiger partial charge is 0.345 e. The highest BCUT2D eigenvalue weighted by atomic mass is 16.6. The molecule has 1 aliphatic rings. The van der Waals surface area contributed by atoms with Gasteiger partial charge in [-0.3, -0.25) is 10.1 Å². The fourth-order valence-corrected chi connectivity index (χ4v) is 2.53. The fourth-order valence-electron chi connectivity index (χ4n) is 2.53. The Hall–Kier alpha value is -3.29. The first-order chi connectivity index (χ1) is 12.6. The van der Waals surface area contributed by atoms with Gasteiger partial charge in [-0.2, -0.15) is 0 Å². The molecule has 0 saturated heterocycles. The first kappa shape index (κ1) is 17.5. The third-order valence-corrected chi connectivity index (χ3v) is 3.71. The van der Waals surface area contributed by atoms with Crippen molar-refractivity contribution in [1.82, 2.24) is 0 Å². The number of rotatable bonds is 6.